The summed E-state index contributed by atoms with van der Waals surface area (Å²) in [7, 11) is -1.12. The second kappa shape index (κ2) is 9.91. The molecule has 33 heavy (non-hydrogen) atoms. The van der Waals surface area contributed by atoms with Crippen LogP contribution in [-0.4, -0.2) is 42.0 Å². The Balaban J connectivity index is 1.68. The Morgan fingerprint density at radius 2 is 2.18 bits per heavy atom. The molecule has 0 saturated heterocycles. The van der Waals surface area contributed by atoms with Crippen LogP contribution in [0.15, 0.2) is 65.0 Å². The normalized spacial score (nSPS) is 19.0. The summed E-state index contributed by atoms with van der Waals surface area (Å²) in [6.45, 7) is 13.0. The lowest BCUT2D eigenvalue weighted by Gasteiger charge is -2.33. The van der Waals surface area contributed by atoms with Crippen LogP contribution in [0.25, 0.3) is 11.0 Å². The predicted molar refractivity (Wildman–Crippen MR) is 142 cm³/mol. The van der Waals surface area contributed by atoms with Gasteiger partial charge in [0, 0.05) is 49.1 Å². The van der Waals surface area contributed by atoms with Gasteiger partial charge >= 0.3 is 0 Å². The number of ether oxygens (including phenoxy) is 1. The van der Waals surface area contributed by atoms with Gasteiger partial charge in [0.05, 0.1) is 12.0 Å². The Morgan fingerprint density at radius 1 is 1.33 bits per heavy atom. The highest BCUT2D eigenvalue weighted by Gasteiger charge is 2.44. The number of aromatic nitrogens is 3. The minimum atomic E-state index is -1.12. The van der Waals surface area contributed by atoms with Crippen molar-refractivity contribution in [3.63, 3.8) is 0 Å². The number of rotatable bonds is 10. The average molecular weight is 527 g/mol. The van der Waals surface area contributed by atoms with Gasteiger partial charge in [0.2, 0.25) is 0 Å². The number of fused-ring (bicyclic) bond motifs is 1. The highest BCUT2D eigenvalue weighted by Crippen LogP contribution is 2.41. The number of hydrogen-bond donors (Lipinski definition) is 1. The quantitative estimate of drug-likeness (QED) is 0.209. The third-order valence-corrected chi connectivity index (χ3v) is 8.38. The Bertz CT molecular complexity index is 1160. The highest BCUT2D eigenvalue weighted by molar-refractivity contribution is 9.10. The van der Waals surface area contributed by atoms with Gasteiger partial charge in [-0.25, -0.2) is 9.97 Å². The minimum Gasteiger partial charge on any atom is -0.361 e. The Morgan fingerprint density at radius 3 is 2.88 bits per heavy atom. The summed E-state index contributed by atoms with van der Waals surface area (Å²) in [5.74, 6) is 0.859. The molecule has 2 aromatic heterocycles. The van der Waals surface area contributed by atoms with Crippen LogP contribution in [0.2, 0.25) is 25.7 Å². The van der Waals surface area contributed by atoms with E-state index in [1.54, 1.807) is 0 Å². The molecule has 6 nitrogen and oxygen atoms in total. The van der Waals surface area contributed by atoms with Gasteiger partial charge in [-0.3, -0.25) is 0 Å². The minimum absolute atomic E-state index is 0.0973. The predicted octanol–water partition coefficient (Wildman–Crippen LogP) is 5.69. The molecule has 0 fully saturated rings. The molecular weight excluding hydrogens is 494 g/mol. The van der Waals surface area contributed by atoms with Crippen LogP contribution in [0.4, 0.5) is 0 Å². The first-order valence-corrected chi connectivity index (χ1v) is 15.9. The maximum absolute atomic E-state index is 6.00. The van der Waals surface area contributed by atoms with Crippen LogP contribution in [0.1, 0.15) is 23.7 Å². The van der Waals surface area contributed by atoms with Crippen molar-refractivity contribution in [3.8, 4) is 0 Å². The number of hydrogen-bond acceptors (Lipinski definition) is 5. The van der Waals surface area contributed by atoms with E-state index in [0.29, 0.717) is 13.3 Å². The summed E-state index contributed by atoms with van der Waals surface area (Å²) < 4.78 is 9.12. The fourth-order valence-electron chi connectivity index (χ4n) is 4.26. The molecule has 0 aliphatic carbocycles. The van der Waals surface area contributed by atoms with E-state index in [2.05, 4.69) is 75.4 Å². The zero-order valence-electron chi connectivity index (χ0n) is 19.6. The van der Waals surface area contributed by atoms with E-state index in [1.165, 1.54) is 5.56 Å². The van der Waals surface area contributed by atoms with Crippen molar-refractivity contribution in [1.29, 1.82) is 0 Å². The van der Waals surface area contributed by atoms with E-state index in [1.807, 2.05) is 36.8 Å². The van der Waals surface area contributed by atoms with Crippen molar-refractivity contribution in [1.82, 2.24) is 20.0 Å². The van der Waals surface area contributed by atoms with Gasteiger partial charge in [-0.2, -0.15) is 5.10 Å². The summed E-state index contributed by atoms with van der Waals surface area (Å²) in [5.41, 5.74) is 4.78. The van der Waals surface area contributed by atoms with Gasteiger partial charge in [-0.1, -0.05) is 53.8 Å². The molecule has 174 valence electrons. The molecule has 0 saturated carbocycles. The first-order chi connectivity index (χ1) is 15.8. The number of halogens is 1. The molecule has 4 rings (SSSR count). The summed E-state index contributed by atoms with van der Waals surface area (Å²) in [6, 6.07) is 11.6. The summed E-state index contributed by atoms with van der Waals surface area (Å²) >= 11 is 3.62. The molecule has 2 unspecified atom stereocenters. The second-order valence-electron chi connectivity index (χ2n) is 9.87. The molecule has 0 radical (unpaired) electrons. The zero-order valence-corrected chi connectivity index (χ0v) is 22.2. The molecule has 0 spiro atoms. The Hall–Kier alpha value is -2.29. The van der Waals surface area contributed by atoms with Gasteiger partial charge in [0.1, 0.15) is 18.2 Å². The summed E-state index contributed by atoms with van der Waals surface area (Å²) in [5, 5.41) is 5.42. The number of hydrazone groups is 1. The summed E-state index contributed by atoms with van der Waals surface area (Å²) in [4.78, 5) is 9.89. The van der Waals surface area contributed by atoms with Gasteiger partial charge < -0.3 is 14.7 Å². The van der Waals surface area contributed by atoms with Crippen molar-refractivity contribution in [3.05, 3.63) is 71.2 Å². The smallest absolute Gasteiger partial charge is 0.145 e. The topological polar surface area (TPSA) is 64.3 Å². The van der Waals surface area contributed by atoms with Gasteiger partial charge in [0.25, 0.3) is 0 Å². The first kappa shape index (κ1) is 23.9. The molecule has 1 aromatic carbocycles. The number of benzene rings is 1. The monoisotopic (exact) mass is 525 g/mol. The first-order valence-electron chi connectivity index (χ1n) is 11.4. The Labute approximate surface area is 205 Å². The van der Waals surface area contributed by atoms with E-state index in [9.17, 15) is 0 Å². The average Bonchev–Trinajstić information content (AvgIpc) is 3.42. The molecule has 3 heterocycles. The largest absolute Gasteiger partial charge is 0.361 e. The summed E-state index contributed by atoms with van der Waals surface area (Å²) in [6.07, 6.45) is 8.66. The van der Waals surface area contributed by atoms with E-state index < -0.39 is 13.5 Å². The molecule has 0 amide bonds. The van der Waals surface area contributed by atoms with Crippen LogP contribution in [0.3, 0.4) is 0 Å². The molecule has 2 atom stereocenters. The second-order valence-corrected chi connectivity index (χ2v) is 16.4. The third kappa shape index (κ3) is 5.28. The maximum Gasteiger partial charge on any atom is 0.145 e. The maximum atomic E-state index is 6.00. The van der Waals surface area contributed by atoms with Crippen LogP contribution in [0.5, 0.6) is 0 Å². The molecule has 3 aromatic rings. The Kier molecular flexibility index (Phi) is 7.16. The lowest BCUT2D eigenvalue weighted by atomic mass is 9.70. The van der Waals surface area contributed by atoms with E-state index in [4.69, 9.17) is 14.7 Å². The van der Waals surface area contributed by atoms with Crippen molar-refractivity contribution < 1.29 is 4.74 Å². The van der Waals surface area contributed by atoms with Crippen molar-refractivity contribution in [2.24, 2.45) is 5.10 Å². The fourth-order valence-corrected chi connectivity index (χ4v) is 5.44. The standard InChI is InChI=1S/C25H32BrN5OSi/c1-5-7-22(19-8-6-9-21(26)14-19)25(16-28-29-17-25)24-27-15-20-10-11-31(23(20)30-24)18-32-12-13-33(2,3)4/h5-6,8-11,14-16,22,29H,1,7,12-13,17-18H2,2-4H3. The van der Waals surface area contributed by atoms with Crippen molar-refractivity contribution >= 4 is 41.3 Å². The molecule has 8 heteroatoms. The number of nitrogens with one attached hydrogen (secondary N) is 1. The van der Waals surface area contributed by atoms with Crippen LogP contribution in [-0.2, 0) is 16.9 Å². The number of nitrogens with zero attached hydrogens (tertiary/aromatic N) is 4. The van der Waals surface area contributed by atoms with Crippen LogP contribution < -0.4 is 5.43 Å². The fraction of sp³-hybridized carbons (Fsp3) is 0.400. The van der Waals surface area contributed by atoms with E-state index in [0.717, 1.165) is 40.4 Å². The molecule has 1 N–H and O–H groups in total. The van der Waals surface area contributed by atoms with Crippen molar-refractivity contribution in [2.75, 3.05) is 13.2 Å². The van der Waals surface area contributed by atoms with E-state index >= 15 is 0 Å². The van der Waals surface area contributed by atoms with Gasteiger partial charge in [-0.15, -0.1) is 6.58 Å². The third-order valence-electron chi connectivity index (χ3n) is 6.18. The van der Waals surface area contributed by atoms with Crippen molar-refractivity contribution in [2.45, 2.75) is 50.2 Å². The molecule has 1 aliphatic heterocycles. The SMILES string of the molecule is C=CCC(c1cccc(Br)c1)C1(c2ncc3ccn(COCC[Si](C)(C)C)c3n2)C=NNC1. The van der Waals surface area contributed by atoms with Gasteiger partial charge in [0.15, 0.2) is 0 Å². The van der Waals surface area contributed by atoms with Crippen LogP contribution >= 0.6 is 15.9 Å². The zero-order chi connectivity index (χ0) is 23.5. The highest BCUT2D eigenvalue weighted by atomic mass is 79.9. The molecule has 1 aliphatic rings. The molecular formula is C25H32BrN5OSi. The van der Waals surface area contributed by atoms with E-state index in [-0.39, 0.29) is 5.92 Å². The lowest BCUT2D eigenvalue weighted by molar-refractivity contribution is 0.0898. The number of allylic oxidation sites excluding steroid dienone is 1. The van der Waals surface area contributed by atoms with Gasteiger partial charge in [-0.05, 0) is 36.2 Å². The van der Waals surface area contributed by atoms with Crippen LogP contribution in [0, 0.1) is 0 Å². The lowest BCUT2D eigenvalue weighted by Crippen LogP contribution is -2.40. The molecule has 0 bridgehead atoms.